The average molecular weight is 431 g/mol. The van der Waals surface area contributed by atoms with Crippen LogP contribution in [0.1, 0.15) is 33.1 Å². The number of carbonyl (C=O) groups excluding carboxylic acids is 5. The maximum Gasteiger partial charge on any atom is 0.302 e. The Hall–Kier alpha value is -1.53. The summed E-state index contributed by atoms with van der Waals surface area (Å²) in [5.41, 5.74) is -12.3. The molecule has 11 heteroatoms. The molecule has 0 radical (unpaired) electrons. The maximum atomic E-state index is 12.4. The monoisotopic (exact) mass is 430 g/mol. The lowest BCUT2D eigenvalue weighted by Gasteiger charge is -2.48. The van der Waals surface area contributed by atoms with E-state index in [2.05, 4.69) is 20.7 Å². The van der Waals surface area contributed by atoms with Crippen LogP contribution < -0.4 is 0 Å². The lowest BCUT2D eigenvalue weighted by atomic mass is 9.63. The van der Waals surface area contributed by atoms with E-state index in [1.165, 1.54) is 0 Å². The summed E-state index contributed by atoms with van der Waals surface area (Å²) in [6.45, 7) is -6.77. The summed E-state index contributed by atoms with van der Waals surface area (Å²) in [6, 6.07) is 0. The van der Waals surface area contributed by atoms with Crippen molar-refractivity contribution in [3.63, 3.8) is 0 Å². The molecule has 0 fully saturated rings. The first-order chi connectivity index (χ1) is 13.3. The van der Waals surface area contributed by atoms with Crippen LogP contribution in [0.3, 0.4) is 0 Å². The minimum Gasteiger partial charge on any atom is -0.463 e. The van der Waals surface area contributed by atoms with E-state index in [0.29, 0.717) is 0 Å². The molecule has 4 atom stereocenters. The molecule has 0 aliphatic carbocycles. The molecule has 0 aromatic heterocycles. The van der Waals surface area contributed by atoms with Gasteiger partial charge in [0.05, 0.1) is 0 Å². The SMILES string of the molecule is [2H]CC(=O)OC[C@@H](O)[C@](O)(C(=O)C[2H])[C@@](O)(C(=O)C[2H])[C@](O)(C(=O)Br)C(=O)C[2H]. The molecule has 0 aromatic rings. The van der Waals surface area contributed by atoms with Gasteiger partial charge in [0.15, 0.2) is 23.0 Å². The number of ketones is 3. The maximum absolute atomic E-state index is 12.4. The lowest BCUT2D eigenvalue weighted by Crippen LogP contribution is -2.80. The van der Waals surface area contributed by atoms with Gasteiger partial charge in [0.1, 0.15) is 12.7 Å². The number of aliphatic hydroxyl groups is 4. The van der Waals surface area contributed by atoms with Crippen molar-refractivity contribution in [3.8, 4) is 0 Å². The minimum absolute atomic E-state index is 0.964. The van der Waals surface area contributed by atoms with Crippen molar-refractivity contribution in [1.29, 1.82) is 0 Å². The van der Waals surface area contributed by atoms with Crippen molar-refractivity contribution in [2.75, 3.05) is 6.61 Å². The second-order valence-corrected chi connectivity index (χ2v) is 5.65. The van der Waals surface area contributed by atoms with E-state index in [1.54, 1.807) is 0 Å². The summed E-state index contributed by atoms with van der Waals surface area (Å²) >= 11 is 2.13. The summed E-state index contributed by atoms with van der Waals surface area (Å²) in [5, 5.41) is 42.6. The number of esters is 1. The van der Waals surface area contributed by atoms with E-state index in [4.69, 9.17) is 5.48 Å². The molecule has 0 aliphatic heterocycles. The van der Waals surface area contributed by atoms with E-state index >= 15 is 0 Å². The van der Waals surface area contributed by atoms with E-state index in [-0.39, 0.29) is 0 Å². The molecular weight excluding hydrogens is 408 g/mol. The molecule has 0 spiro atoms. The Morgan fingerprint density at radius 3 is 1.92 bits per heavy atom. The summed E-state index contributed by atoms with van der Waals surface area (Å²) in [7, 11) is 0. The fraction of sp³-hybridized carbons (Fsp3) is 0.643. The van der Waals surface area contributed by atoms with Crippen LogP contribution in [0.4, 0.5) is 0 Å². The molecule has 0 saturated carbocycles. The number of ether oxygens (including phenoxy) is 1. The third kappa shape index (κ3) is 3.55. The van der Waals surface area contributed by atoms with Gasteiger partial charge in [0.2, 0.25) is 15.9 Å². The minimum atomic E-state index is -4.24. The van der Waals surface area contributed by atoms with Gasteiger partial charge in [0, 0.05) is 12.4 Å². The Balaban J connectivity index is 6.99. The van der Waals surface area contributed by atoms with Gasteiger partial charge in [-0.3, -0.25) is 24.0 Å². The standard InChI is InChI=1S/C14H19BrO10/c1-6(16)12(22,10(20)5-25-9(4)19)14(24,8(3)18)13(23,7(2)17)11(15)21/h10,20,22-24H,5H2,1-4H3/t10-,12-,13-,14+/m1/s1/i1D,2D,3D,4D. The molecule has 142 valence electrons. The topological polar surface area (TPSA) is 176 Å². The van der Waals surface area contributed by atoms with Crippen molar-refractivity contribution in [3.05, 3.63) is 0 Å². The van der Waals surface area contributed by atoms with Crippen molar-refractivity contribution in [1.82, 2.24) is 0 Å². The normalized spacial score (nSPS) is 21.6. The molecular formula is C14H19BrO10. The zero-order valence-electron chi connectivity index (χ0n) is 16.7. The summed E-state index contributed by atoms with van der Waals surface area (Å²) < 4.78 is 30.6. The van der Waals surface area contributed by atoms with Crippen LogP contribution in [0.5, 0.6) is 0 Å². The molecule has 0 bridgehead atoms. The second kappa shape index (κ2) is 7.79. The molecule has 0 aromatic carbocycles. The van der Waals surface area contributed by atoms with E-state index in [1.807, 2.05) is 0 Å². The Bertz CT molecular complexity index is 691. The van der Waals surface area contributed by atoms with Crippen molar-refractivity contribution in [2.45, 2.75) is 50.5 Å². The Morgan fingerprint density at radius 1 is 1.00 bits per heavy atom. The molecule has 10 nitrogen and oxygen atoms in total. The number of hydrogen-bond donors (Lipinski definition) is 4. The zero-order valence-corrected chi connectivity index (χ0v) is 14.3. The van der Waals surface area contributed by atoms with Crippen LogP contribution in [0, 0.1) is 0 Å². The highest BCUT2D eigenvalue weighted by Crippen LogP contribution is 2.40. The molecule has 25 heavy (non-hydrogen) atoms. The molecule has 0 unspecified atom stereocenters. The highest BCUT2D eigenvalue weighted by atomic mass is 79.9. The molecule has 0 amide bonds. The fourth-order valence-corrected chi connectivity index (χ4v) is 2.57. The Kier molecular flexibility index (Phi) is 5.27. The van der Waals surface area contributed by atoms with Gasteiger partial charge in [-0.05, 0) is 36.6 Å². The molecule has 4 N–H and O–H groups in total. The van der Waals surface area contributed by atoms with Crippen molar-refractivity contribution < 1.29 is 54.6 Å². The van der Waals surface area contributed by atoms with Gasteiger partial charge >= 0.3 is 5.97 Å². The van der Waals surface area contributed by atoms with Gasteiger partial charge < -0.3 is 25.2 Å². The predicted octanol–water partition coefficient (Wildman–Crippen LogP) is -2.21. The fourth-order valence-electron chi connectivity index (χ4n) is 2.06. The van der Waals surface area contributed by atoms with Gasteiger partial charge in [-0.2, -0.15) is 0 Å². The number of rotatable bonds is 9. The molecule has 0 saturated heterocycles. The predicted molar refractivity (Wildman–Crippen MR) is 83.5 cm³/mol. The highest BCUT2D eigenvalue weighted by Gasteiger charge is 2.74. The first-order valence-electron chi connectivity index (χ1n) is 9.07. The van der Waals surface area contributed by atoms with Gasteiger partial charge in [-0.1, -0.05) is 0 Å². The first-order valence-corrected chi connectivity index (χ1v) is 7.04. The zero-order chi connectivity index (χ0) is 23.2. The molecule has 0 aliphatic rings. The number of halogens is 1. The van der Waals surface area contributed by atoms with Gasteiger partial charge in [-0.25, -0.2) is 0 Å². The second-order valence-electron chi connectivity index (χ2n) is 4.93. The van der Waals surface area contributed by atoms with Crippen molar-refractivity contribution >= 4 is 43.9 Å². The summed E-state index contributed by atoms with van der Waals surface area (Å²) in [4.78, 5) is 59.8. The van der Waals surface area contributed by atoms with Crippen LogP contribution in [-0.4, -0.2) is 78.0 Å². The van der Waals surface area contributed by atoms with E-state index in [0.717, 1.165) is 0 Å². The van der Waals surface area contributed by atoms with Gasteiger partial charge in [-0.15, -0.1) is 0 Å². The smallest absolute Gasteiger partial charge is 0.302 e. The third-order valence-corrected chi connectivity index (χ3v) is 4.05. The molecule has 0 rings (SSSR count). The summed E-state index contributed by atoms with van der Waals surface area (Å²) in [6.07, 6.45) is -2.80. The largest absolute Gasteiger partial charge is 0.463 e. The van der Waals surface area contributed by atoms with Gasteiger partial charge in [0.25, 0.3) is 0 Å². The van der Waals surface area contributed by atoms with Crippen LogP contribution in [0.15, 0.2) is 0 Å². The Labute approximate surface area is 156 Å². The highest BCUT2D eigenvalue weighted by molar-refractivity contribution is 9.18. The third-order valence-electron chi connectivity index (χ3n) is 3.48. The number of carbonyl (C=O) groups is 5. The van der Waals surface area contributed by atoms with E-state index < -0.39 is 85.1 Å². The van der Waals surface area contributed by atoms with Crippen LogP contribution in [-0.2, 0) is 28.7 Å². The van der Waals surface area contributed by atoms with Crippen LogP contribution >= 0.6 is 15.9 Å². The first kappa shape index (κ1) is 16.9. The number of Topliss-reactive ketones (excluding diaryl/α,β-unsaturated/α-hetero) is 3. The molecule has 0 heterocycles. The summed E-state index contributed by atoms with van der Waals surface area (Å²) in [5.74, 6) is -7.06. The quantitative estimate of drug-likeness (QED) is 0.178. The number of aliphatic hydroxyl groups excluding tert-OH is 1. The lowest BCUT2D eigenvalue weighted by molar-refractivity contribution is -0.245. The average Bonchev–Trinajstić information content (AvgIpc) is 2.72. The van der Waals surface area contributed by atoms with Crippen LogP contribution in [0.25, 0.3) is 0 Å². The Morgan fingerprint density at radius 2 is 1.52 bits per heavy atom. The van der Waals surface area contributed by atoms with E-state index in [9.17, 15) is 44.4 Å². The van der Waals surface area contributed by atoms with Crippen LogP contribution in [0.2, 0.25) is 0 Å². The van der Waals surface area contributed by atoms with Crippen molar-refractivity contribution in [2.24, 2.45) is 0 Å². The number of hydrogen-bond acceptors (Lipinski definition) is 10.